The number of rotatable bonds is 6. The predicted octanol–water partition coefficient (Wildman–Crippen LogP) is -0.130. The fourth-order valence-corrected chi connectivity index (χ4v) is 2.56. The molecule has 1 aliphatic rings. The van der Waals surface area contributed by atoms with Crippen molar-refractivity contribution < 1.29 is 19.4 Å². The van der Waals surface area contributed by atoms with Crippen LogP contribution in [-0.4, -0.2) is 57.0 Å². The number of hydrogen-bond donors (Lipinski definition) is 2. The van der Waals surface area contributed by atoms with Gasteiger partial charge in [-0.15, -0.1) is 0 Å². The fourth-order valence-electron chi connectivity index (χ4n) is 1.69. The number of thioether (sulfide) groups is 1. The Kier molecular flexibility index (Phi) is 4.97. The Hall–Kier alpha value is -1.35. The Morgan fingerprint density at radius 1 is 1.53 bits per heavy atom. The highest BCUT2D eigenvalue weighted by Crippen LogP contribution is 2.20. The smallest absolute Gasteiger partial charge is 0.240 e. The maximum Gasteiger partial charge on any atom is 0.240 e. The number of amides is 1. The average Bonchev–Trinajstić information content (AvgIpc) is 3.02. The van der Waals surface area contributed by atoms with Gasteiger partial charge < -0.3 is 14.6 Å². The van der Waals surface area contributed by atoms with E-state index in [1.807, 2.05) is 0 Å². The van der Waals surface area contributed by atoms with Gasteiger partial charge in [0, 0.05) is 0 Å². The minimum atomic E-state index is -0.358. The van der Waals surface area contributed by atoms with E-state index in [1.165, 1.54) is 16.7 Å². The molecule has 0 aliphatic carbocycles. The molecule has 1 aromatic heterocycles. The maximum absolute atomic E-state index is 11.7. The number of carbonyl (C=O) groups is 1. The van der Waals surface area contributed by atoms with E-state index < -0.39 is 0 Å². The summed E-state index contributed by atoms with van der Waals surface area (Å²) in [4.78, 5) is 18.7. The van der Waals surface area contributed by atoms with Crippen LogP contribution in [-0.2, 0) is 11.3 Å². The third kappa shape index (κ3) is 3.57. The van der Waals surface area contributed by atoms with Gasteiger partial charge in [-0.25, -0.2) is 4.99 Å². The van der Waals surface area contributed by atoms with Crippen LogP contribution < -0.4 is 0 Å². The number of hydrogen-bond acceptors (Lipinski definition) is 7. The van der Waals surface area contributed by atoms with Crippen LogP contribution in [0.5, 0.6) is 0 Å². The molecular weight excluding hydrogens is 270 g/mol. The van der Waals surface area contributed by atoms with Gasteiger partial charge in [0.1, 0.15) is 12.5 Å². The van der Waals surface area contributed by atoms with E-state index in [0.717, 1.165) is 0 Å². The first-order chi connectivity index (χ1) is 9.24. The highest BCUT2D eigenvalue weighted by Gasteiger charge is 2.29. The lowest BCUT2D eigenvalue weighted by atomic mass is 10.4. The van der Waals surface area contributed by atoms with Crippen LogP contribution in [0, 0.1) is 0 Å². The minimum Gasteiger partial charge on any atom is -0.468 e. The summed E-state index contributed by atoms with van der Waals surface area (Å²) in [5, 5.41) is 18.6. The third-order valence-electron chi connectivity index (χ3n) is 2.56. The highest BCUT2D eigenvalue weighted by atomic mass is 32.2. The van der Waals surface area contributed by atoms with Gasteiger partial charge in [0.15, 0.2) is 5.17 Å². The van der Waals surface area contributed by atoms with Crippen LogP contribution in [0.4, 0.5) is 0 Å². The number of aliphatic hydroxyl groups is 2. The van der Waals surface area contributed by atoms with Crippen LogP contribution in [0.1, 0.15) is 5.76 Å². The number of aliphatic hydroxyl groups excluding tert-OH is 2. The monoisotopic (exact) mass is 285 g/mol. The lowest BCUT2D eigenvalue weighted by molar-refractivity contribution is -0.126. The molecule has 0 aromatic carbocycles. The van der Waals surface area contributed by atoms with E-state index in [4.69, 9.17) is 9.52 Å². The molecule has 0 bridgehead atoms. The van der Waals surface area contributed by atoms with Crippen molar-refractivity contribution in [1.29, 1.82) is 0 Å². The van der Waals surface area contributed by atoms with E-state index in [9.17, 15) is 9.90 Å². The van der Waals surface area contributed by atoms with Gasteiger partial charge in [-0.05, 0) is 12.1 Å². The normalized spacial score (nSPS) is 17.9. The molecule has 0 radical (unpaired) electrons. The zero-order valence-electron chi connectivity index (χ0n) is 10.2. The van der Waals surface area contributed by atoms with Gasteiger partial charge in [-0.2, -0.15) is 0 Å². The van der Waals surface area contributed by atoms with Crippen LogP contribution in [0.3, 0.4) is 0 Å². The lowest BCUT2D eigenvalue weighted by Gasteiger charge is -2.24. The van der Waals surface area contributed by atoms with Crippen molar-refractivity contribution in [2.24, 2.45) is 4.99 Å². The van der Waals surface area contributed by atoms with Gasteiger partial charge in [-0.1, -0.05) is 11.8 Å². The predicted molar refractivity (Wildman–Crippen MR) is 70.0 cm³/mol. The molecule has 1 saturated heterocycles. The number of nitrogens with zero attached hydrogens (tertiary/aromatic N) is 3. The molecule has 2 N–H and O–H groups in total. The summed E-state index contributed by atoms with van der Waals surface area (Å²) in [7, 11) is 0. The van der Waals surface area contributed by atoms with E-state index >= 15 is 0 Å². The van der Waals surface area contributed by atoms with Crippen molar-refractivity contribution >= 4 is 22.8 Å². The first kappa shape index (κ1) is 14.1. The van der Waals surface area contributed by atoms with Crippen molar-refractivity contribution in [3.63, 3.8) is 0 Å². The topological polar surface area (TPSA) is 89.5 Å². The molecule has 8 heteroatoms. The second kappa shape index (κ2) is 6.71. The lowest BCUT2D eigenvalue weighted by Crippen LogP contribution is -2.41. The van der Waals surface area contributed by atoms with Gasteiger partial charge in [0.25, 0.3) is 0 Å². The quantitative estimate of drug-likeness (QED) is 0.708. The van der Waals surface area contributed by atoms with Crippen LogP contribution in [0.2, 0.25) is 0 Å². The molecule has 1 amide bonds. The van der Waals surface area contributed by atoms with E-state index in [2.05, 4.69) is 4.99 Å². The summed E-state index contributed by atoms with van der Waals surface area (Å²) >= 11 is 1.28. The third-order valence-corrected chi connectivity index (χ3v) is 3.56. The number of furan rings is 1. The molecule has 0 unspecified atom stereocenters. The molecule has 0 saturated carbocycles. The van der Waals surface area contributed by atoms with E-state index in [-0.39, 0.29) is 26.0 Å². The second-order valence-electron chi connectivity index (χ2n) is 3.88. The molecule has 1 aliphatic heterocycles. The Morgan fingerprint density at radius 2 is 2.37 bits per heavy atom. The van der Waals surface area contributed by atoms with Crippen molar-refractivity contribution in [1.82, 2.24) is 9.80 Å². The van der Waals surface area contributed by atoms with Crippen molar-refractivity contribution in [3.8, 4) is 0 Å². The zero-order chi connectivity index (χ0) is 13.7. The largest absolute Gasteiger partial charge is 0.468 e. The molecule has 1 fully saturated rings. The summed E-state index contributed by atoms with van der Waals surface area (Å²) in [5.41, 5.74) is 0. The molecule has 19 heavy (non-hydrogen) atoms. The Balaban J connectivity index is 2.00. The second-order valence-corrected chi connectivity index (χ2v) is 4.83. The first-order valence-electron chi connectivity index (χ1n) is 5.68. The Morgan fingerprint density at radius 3 is 3.00 bits per heavy atom. The molecule has 1 aromatic rings. The Bertz CT molecular complexity index is 449. The molecule has 7 nitrogen and oxygen atoms in total. The molecule has 2 rings (SSSR count). The van der Waals surface area contributed by atoms with Crippen LogP contribution in [0.25, 0.3) is 0 Å². The van der Waals surface area contributed by atoms with E-state index in [1.54, 1.807) is 23.3 Å². The molecule has 2 heterocycles. The highest BCUT2D eigenvalue weighted by molar-refractivity contribution is 8.15. The minimum absolute atomic E-state index is 0.0879. The molecular formula is C11H15N3O4S. The molecule has 0 spiro atoms. The molecule has 0 atom stereocenters. The van der Waals surface area contributed by atoms with Gasteiger partial charge in [0.05, 0.1) is 32.0 Å². The summed E-state index contributed by atoms with van der Waals surface area (Å²) in [6.45, 7) is 0.0389. The van der Waals surface area contributed by atoms with Crippen molar-refractivity contribution in [2.45, 2.75) is 6.54 Å². The molecule has 104 valence electrons. The maximum atomic E-state index is 11.7. The summed E-state index contributed by atoms with van der Waals surface area (Å²) in [5.74, 6) is 0.919. The van der Waals surface area contributed by atoms with Crippen molar-refractivity contribution in [3.05, 3.63) is 24.2 Å². The Labute approximate surface area is 114 Å². The summed E-state index contributed by atoms with van der Waals surface area (Å²) in [6, 6.07) is 3.56. The zero-order valence-corrected chi connectivity index (χ0v) is 11.0. The standard InChI is InChI=1S/C11H15N3O4S/c15-6-12-11-14(10(17)5-19-11)7-13(8-16)4-9-2-1-3-18-9/h1-3,15-16H,4-8H2/b12-11-. The van der Waals surface area contributed by atoms with Gasteiger partial charge in [-0.3, -0.25) is 14.6 Å². The fraction of sp³-hybridized carbons (Fsp3) is 0.455. The van der Waals surface area contributed by atoms with Crippen LogP contribution in [0.15, 0.2) is 27.8 Å². The van der Waals surface area contributed by atoms with Crippen LogP contribution >= 0.6 is 11.8 Å². The summed E-state index contributed by atoms with van der Waals surface area (Å²) in [6.07, 6.45) is 1.56. The van der Waals surface area contributed by atoms with Crippen molar-refractivity contribution in [2.75, 3.05) is 25.9 Å². The number of aliphatic imine (C=N–C) groups is 1. The summed E-state index contributed by atoms with van der Waals surface area (Å²) < 4.78 is 5.20. The van der Waals surface area contributed by atoms with E-state index in [0.29, 0.717) is 23.2 Å². The van der Waals surface area contributed by atoms with Gasteiger partial charge in [0.2, 0.25) is 5.91 Å². The number of carbonyl (C=O) groups excluding carboxylic acids is 1. The average molecular weight is 285 g/mol. The van der Waals surface area contributed by atoms with Gasteiger partial charge >= 0.3 is 0 Å². The number of amidine groups is 1. The SMILES string of the molecule is O=C1CS/C(=N\CO)N1CN(CO)Cc1ccco1. The first-order valence-corrected chi connectivity index (χ1v) is 6.67.